The molecule has 0 aliphatic rings. The smallest absolute Gasteiger partial charge is 0.0181 e. The van der Waals surface area contributed by atoms with Gasteiger partial charge < -0.3 is 11.5 Å². The van der Waals surface area contributed by atoms with Crippen LogP contribution >= 0.6 is 0 Å². The van der Waals surface area contributed by atoms with Crippen molar-refractivity contribution < 1.29 is 0 Å². The molecule has 2 nitrogen and oxygen atoms in total. The van der Waals surface area contributed by atoms with Crippen LogP contribution in [0.2, 0.25) is 0 Å². The summed E-state index contributed by atoms with van der Waals surface area (Å²) in [7, 11) is 0. The highest BCUT2D eigenvalue weighted by molar-refractivity contribution is 5.33. The van der Waals surface area contributed by atoms with Gasteiger partial charge in [-0.2, -0.15) is 0 Å². The molecule has 0 saturated heterocycles. The summed E-state index contributed by atoms with van der Waals surface area (Å²) in [5, 5.41) is 0. The zero-order chi connectivity index (χ0) is 12.1. The van der Waals surface area contributed by atoms with Gasteiger partial charge in [-0.05, 0) is 40.8 Å². The highest BCUT2D eigenvalue weighted by Gasteiger charge is 2.01. The third kappa shape index (κ3) is 2.93. The summed E-state index contributed by atoms with van der Waals surface area (Å²) in [6.45, 7) is 1.15. The quantitative estimate of drug-likeness (QED) is 0.836. The zero-order valence-electron chi connectivity index (χ0n) is 9.82. The first-order chi connectivity index (χ1) is 8.33. The van der Waals surface area contributed by atoms with Crippen LogP contribution in [0.5, 0.6) is 0 Å². The molecule has 0 bridgehead atoms. The highest BCUT2D eigenvalue weighted by atomic mass is 14.5. The number of benzene rings is 2. The van der Waals surface area contributed by atoms with Crippen molar-refractivity contribution in [2.75, 3.05) is 0 Å². The molecule has 0 aliphatic carbocycles. The van der Waals surface area contributed by atoms with Crippen molar-refractivity contribution in [1.29, 1.82) is 0 Å². The van der Waals surface area contributed by atoms with Crippen molar-refractivity contribution in [3.8, 4) is 0 Å². The molecule has 2 aromatic rings. The van der Waals surface area contributed by atoms with Crippen LogP contribution in [0.4, 0.5) is 0 Å². The second kappa shape index (κ2) is 5.62. The van der Waals surface area contributed by atoms with Gasteiger partial charge in [-0.15, -0.1) is 0 Å². The monoisotopic (exact) mass is 225 g/mol. The fraction of sp³-hybridized carbons (Fsp3) is 0.200. The van der Waals surface area contributed by atoms with Gasteiger partial charge in [0, 0.05) is 13.1 Å². The second-order valence-corrected chi connectivity index (χ2v) is 4.10. The molecule has 0 aliphatic heterocycles. The number of rotatable bonds is 4. The van der Waals surface area contributed by atoms with Gasteiger partial charge >= 0.3 is 0 Å². The molecule has 2 heteroatoms. The molecule has 4 N–H and O–H groups in total. The van der Waals surface area contributed by atoms with E-state index in [1.807, 2.05) is 12.1 Å². The largest absolute Gasteiger partial charge is 0.326 e. The van der Waals surface area contributed by atoms with E-state index in [9.17, 15) is 0 Å². The number of nitrogens with two attached hydrogens (primary N) is 2. The lowest BCUT2D eigenvalue weighted by molar-refractivity contribution is 1.01. The first kappa shape index (κ1) is 11.8. The van der Waals surface area contributed by atoms with Gasteiger partial charge in [-0.25, -0.2) is 0 Å². The van der Waals surface area contributed by atoms with Crippen molar-refractivity contribution in [3.05, 3.63) is 70.8 Å². The van der Waals surface area contributed by atoms with E-state index in [1.165, 1.54) is 11.1 Å². The molecule has 0 fully saturated rings. The minimum absolute atomic E-state index is 0.563. The summed E-state index contributed by atoms with van der Waals surface area (Å²) in [4.78, 5) is 0. The van der Waals surface area contributed by atoms with E-state index in [4.69, 9.17) is 11.5 Å². The van der Waals surface area contributed by atoms with E-state index in [2.05, 4.69) is 36.4 Å². The summed E-state index contributed by atoms with van der Waals surface area (Å²) in [5.74, 6) is 0. The molecule has 87 valence electrons. The molecule has 0 heterocycles. The highest BCUT2D eigenvalue weighted by Crippen LogP contribution is 2.14. The molecule has 2 aromatic carbocycles. The van der Waals surface area contributed by atoms with Crippen molar-refractivity contribution in [1.82, 2.24) is 0 Å². The van der Waals surface area contributed by atoms with Crippen molar-refractivity contribution in [2.24, 2.45) is 11.5 Å². The number of hydrogen-bond donors (Lipinski definition) is 2. The fourth-order valence-electron chi connectivity index (χ4n) is 1.87. The van der Waals surface area contributed by atoms with E-state index >= 15 is 0 Å². The standard InChI is InChI=1S/C15H17N2/c16-10-13-7-5-12(6-8-13)9-14-3-1-2-4-15(14)11-17/h1,3-8H,9-11,16-17H2. The number of hydrogen-bond acceptors (Lipinski definition) is 2. The Labute approximate surface area is 102 Å². The predicted molar refractivity (Wildman–Crippen MR) is 70.3 cm³/mol. The van der Waals surface area contributed by atoms with Crippen LogP contribution in [0.25, 0.3) is 0 Å². The second-order valence-electron chi connectivity index (χ2n) is 4.10. The van der Waals surface area contributed by atoms with Gasteiger partial charge in [0.2, 0.25) is 0 Å². The maximum atomic E-state index is 5.71. The van der Waals surface area contributed by atoms with Crippen LogP contribution in [-0.4, -0.2) is 0 Å². The molecule has 0 aromatic heterocycles. The van der Waals surface area contributed by atoms with Crippen molar-refractivity contribution in [2.45, 2.75) is 19.5 Å². The summed E-state index contributed by atoms with van der Waals surface area (Å²) >= 11 is 0. The van der Waals surface area contributed by atoms with Crippen LogP contribution in [0.3, 0.4) is 0 Å². The Bertz CT molecular complexity index is 475. The average molecular weight is 225 g/mol. The van der Waals surface area contributed by atoms with Gasteiger partial charge in [0.15, 0.2) is 0 Å². The van der Waals surface area contributed by atoms with Gasteiger partial charge in [0.25, 0.3) is 0 Å². The summed E-state index contributed by atoms with van der Waals surface area (Å²) < 4.78 is 0. The molecule has 0 spiro atoms. The van der Waals surface area contributed by atoms with Gasteiger partial charge in [-0.1, -0.05) is 36.4 Å². The van der Waals surface area contributed by atoms with Crippen molar-refractivity contribution >= 4 is 0 Å². The molecular weight excluding hydrogens is 208 g/mol. The van der Waals surface area contributed by atoms with Crippen LogP contribution in [0.1, 0.15) is 22.3 Å². The molecule has 0 amide bonds. The van der Waals surface area contributed by atoms with Gasteiger partial charge in [-0.3, -0.25) is 0 Å². The van der Waals surface area contributed by atoms with E-state index in [-0.39, 0.29) is 0 Å². The zero-order valence-corrected chi connectivity index (χ0v) is 9.82. The minimum atomic E-state index is 0.563. The normalized spacial score (nSPS) is 10.5. The third-order valence-corrected chi connectivity index (χ3v) is 2.92. The lowest BCUT2D eigenvalue weighted by Crippen LogP contribution is -2.02. The van der Waals surface area contributed by atoms with Crippen LogP contribution in [-0.2, 0) is 19.5 Å². The maximum absolute atomic E-state index is 5.71. The Morgan fingerprint density at radius 3 is 2.18 bits per heavy atom. The SMILES string of the molecule is NCc1ccc(Cc2cc[c]cc2CN)cc1. The topological polar surface area (TPSA) is 52.0 Å². The third-order valence-electron chi connectivity index (χ3n) is 2.92. The average Bonchev–Trinajstić information content (AvgIpc) is 2.40. The van der Waals surface area contributed by atoms with Crippen LogP contribution in [0.15, 0.2) is 42.5 Å². The molecule has 0 unspecified atom stereocenters. The Morgan fingerprint density at radius 2 is 1.53 bits per heavy atom. The predicted octanol–water partition coefficient (Wildman–Crippen LogP) is 1.99. The lowest BCUT2D eigenvalue weighted by Gasteiger charge is -2.08. The Hall–Kier alpha value is -1.64. The van der Waals surface area contributed by atoms with E-state index in [0.29, 0.717) is 13.1 Å². The lowest BCUT2D eigenvalue weighted by atomic mass is 9.99. The summed E-state index contributed by atoms with van der Waals surface area (Å²) in [6, 6.07) is 17.4. The fourth-order valence-corrected chi connectivity index (χ4v) is 1.87. The maximum Gasteiger partial charge on any atom is 0.0181 e. The van der Waals surface area contributed by atoms with Crippen LogP contribution < -0.4 is 11.5 Å². The van der Waals surface area contributed by atoms with Gasteiger partial charge in [0.05, 0.1) is 0 Å². The summed E-state index contributed by atoms with van der Waals surface area (Å²) in [6.07, 6.45) is 0.909. The van der Waals surface area contributed by atoms with E-state index in [0.717, 1.165) is 17.5 Å². The molecule has 0 saturated carbocycles. The Kier molecular flexibility index (Phi) is 3.91. The first-order valence-electron chi connectivity index (χ1n) is 5.79. The van der Waals surface area contributed by atoms with Crippen LogP contribution in [0, 0.1) is 6.07 Å². The van der Waals surface area contributed by atoms with E-state index in [1.54, 1.807) is 0 Å². The van der Waals surface area contributed by atoms with Crippen molar-refractivity contribution in [3.63, 3.8) is 0 Å². The summed E-state index contributed by atoms with van der Waals surface area (Å²) in [5.41, 5.74) is 16.2. The Balaban J connectivity index is 2.19. The Morgan fingerprint density at radius 1 is 0.824 bits per heavy atom. The van der Waals surface area contributed by atoms with E-state index < -0.39 is 0 Å². The first-order valence-corrected chi connectivity index (χ1v) is 5.79. The molecule has 0 atom stereocenters. The molecule has 17 heavy (non-hydrogen) atoms. The molecular formula is C15H17N2. The van der Waals surface area contributed by atoms with Gasteiger partial charge in [0.1, 0.15) is 0 Å². The molecule has 2 rings (SSSR count). The molecule has 1 radical (unpaired) electrons. The minimum Gasteiger partial charge on any atom is -0.326 e.